The largest absolute Gasteiger partial charge is 0.497 e. The van der Waals surface area contributed by atoms with Gasteiger partial charge in [-0.2, -0.15) is 0 Å². The van der Waals surface area contributed by atoms with E-state index in [2.05, 4.69) is 53.8 Å². The molecule has 1 aliphatic rings. The maximum absolute atomic E-state index is 13.1. The molecule has 0 radical (unpaired) electrons. The van der Waals surface area contributed by atoms with Crippen molar-refractivity contribution in [2.45, 2.75) is 63.8 Å². The summed E-state index contributed by atoms with van der Waals surface area (Å²) in [6, 6.07) is 14.9. The summed E-state index contributed by atoms with van der Waals surface area (Å²) >= 11 is 0. The maximum atomic E-state index is 13.1. The number of fused-ring (bicyclic) bond motifs is 1. The Morgan fingerprint density at radius 3 is 2.73 bits per heavy atom. The Labute approximate surface area is 179 Å². The second kappa shape index (κ2) is 9.38. The topological polar surface area (TPSA) is 54.1 Å². The minimum atomic E-state index is -0.0236. The van der Waals surface area contributed by atoms with Crippen molar-refractivity contribution in [2.24, 2.45) is 0 Å². The van der Waals surface area contributed by atoms with Crippen LogP contribution in [0.1, 0.15) is 68.1 Å². The van der Waals surface area contributed by atoms with Crippen molar-refractivity contribution in [3.8, 4) is 5.75 Å². The summed E-state index contributed by atoms with van der Waals surface area (Å²) in [5, 5.41) is 4.50. The molecule has 1 aliphatic carbocycles. The highest BCUT2D eigenvalue weighted by atomic mass is 16.5. The highest BCUT2D eigenvalue weighted by Gasteiger charge is 2.24. The summed E-state index contributed by atoms with van der Waals surface area (Å²) in [4.78, 5) is 16.5. The summed E-state index contributed by atoms with van der Waals surface area (Å²) in [6.45, 7) is 2.17. The number of hydrogen-bond donors (Lipinski definition) is 2. The minimum absolute atomic E-state index is 0.0236. The fraction of sp³-hybridized carbons (Fsp3) is 0.423. The molecule has 2 N–H and O–H groups in total. The fourth-order valence-corrected chi connectivity index (χ4v) is 4.81. The number of ether oxygens (including phenoxy) is 1. The van der Waals surface area contributed by atoms with Crippen molar-refractivity contribution in [1.82, 2.24) is 10.3 Å². The van der Waals surface area contributed by atoms with Crippen LogP contribution in [-0.4, -0.2) is 24.0 Å². The number of methoxy groups -OCH3 is 1. The Kier molecular flexibility index (Phi) is 6.41. The third kappa shape index (κ3) is 4.38. The Bertz CT molecular complexity index is 1000. The van der Waals surface area contributed by atoms with Crippen LogP contribution in [0.4, 0.5) is 0 Å². The van der Waals surface area contributed by atoms with E-state index in [0.29, 0.717) is 12.5 Å². The van der Waals surface area contributed by atoms with Gasteiger partial charge in [0.15, 0.2) is 0 Å². The van der Waals surface area contributed by atoms with Crippen LogP contribution in [0.15, 0.2) is 48.7 Å². The quantitative estimate of drug-likeness (QED) is 0.530. The number of hydrogen-bond acceptors (Lipinski definition) is 2. The van der Waals surface area contributed by atoms with Gasteiger partial charge in [-0.1, -0.05) is 56.5 Å². The number of nitrogens with one attached hydrogen (secondary N) is 2. The molecule has 1 atom stereocenters. The van der Waals surface area contributed by atoms with E-state index in [9.17, 15) is 4.79 Å². The minimum Gasteiger partial charge on any atom is -0.497 e. The van der Waals surface area contributed by atoms with Crippen LogP contribution in [0.5, 0.6) is 5.75 Å². The van der Waals surface area contributed by atoms with E-state index in [4.69, 9.17) is 4.74 Å². The van der Waals surface area contributed by atoms with Crippen LogP contribution in [0.25, 0.3) is 10.9 Å². The number of aromatic nitrogens is 1. The van der Waals surface area contributed by atoms with Crippen molar-refractivity contribution >= 4 is 16.8 Å². The molecule has 0 aliphatic heterocycles. The zero-order valence-electron chi connectivity index (χ0n) is 18.0. The van der Waals surface area contributed by atoms with Crippen LogP contribution in [-0.2, 0) is 11.2 Å². The summed E-state index contributed by atoms with van der Waals surface area (Å²) in [7, 11) is 1.68. The number of amides is 1. The number of para-hydroxylation sites is 1. The van der Waals surface area contributed by atoms with E-state index in [1.165, 1.54) is 41.3 Å². The molecule has 4 rings (SSSR count). The Morgan fingerprint density at radius 2 is 1.97 bits per heavy atom. The van der Waals surface area contributed by atoms with Gasteiger partial charge in [-0.05, 0) is 48.1 Å². The Hall–Kier alpha value is -2.75. The number of carbonyl (C=O) groups is 1. The van der Waals surface area contributed by atoms with Crippen LogP contribution in [0.3, 0.4) is 0 Å². The van der Waals surface area contributed by atoms with Crippen LogP contribution in [0, 0.1) is 0 Å². The van der Waals surface area contributed by atoms with Crippen molar-refractivity contribution in [1.29, 1.82) is 0 Å². The predicted molar refractivity (Wildman–Crippen MR) is 122 cm³/mol. The molecule has 3 aromatic rings. The fourth-order valence-electron chi connectivity index (χ4n) is 4.81. The average Bonchev–Trinajstić information content (AvgIpc) is 3.22. The molecule has 30 heavy (non-hydrogen) atoms. The van der Waals surface area contributed by atoms with E-state index in [-0.39, 0.29) is 11.8 Å². The molecule has 0 spiro atoms. The first-order chi connectivity index (χ1) is 14.7. The van der Waals surface area contributed by atoms with Gasteiger partial charge in [-0.15, -0.1) is 0 Å². The first kappa shape index (κ1) is 20.5. The lowest BCUT2D eigenvalue weighted by atomic mass is 9.87. The Balaban J connectivity index is 1.68. The van der Waals surface area contributed by atoms with Crippen LogP contribution >= 0.6 is 0 Å². The van der Waals surface area contributed by atoms with E-state index >= 15 is 0 Å². The first-order valence-corrected chi connectivity index (χ1v) is 11.2. The second-order valence-corrected chi connectivity index (χ2v) is 8.37. The van der Waals surface area contributed by atoms with E-state index in [1.54, 1.807) is 7.11 Å². The van der Waals surface area contributed by atoms with E-state index in [0.717, 1.165) is 30.6 Å². The van der Waals surface area contributed by atoms with Crippen molar-refractivity contribution in [3.63, 3.8) is 0 Å². The third-order valence-corrected chi connectivity index (χ3v) is 6.45. The summed E-state index contributed by atoms with van der Waals surface area (Å²) in [5.41, 5.74) is 4.76. The highest BCUT2D eigenvalue weighted by Crippen LogP contribution is 2.36. The van der Waals surface area contributed by atoms with Gasteiger partial charge in [0.05, 0.1) is 7.11 Å². The van der Waals surface area contributed by atoms with E-state index in [1.807, 2.05) is 12.1 Å². The summed E-state index contributed by atoms with van der Waals surface area (Å²) < 4.78 is 5.46. The van der Waals surface area contributed by atoms with Crippen molar-refractivity contribution < 1.29 is 9.53 Å². The SMILES string of the molecule is CCc1cccc2c([C@H](CC(=O)NC3CCCCC3)c3cccc(OC)c3)c[nH]c12. The van der Waals surface area contributed by atoms with Gasteiger partial charge in [0.1, 0.15) is 5.75 Å². The normalized spacial score (nSPS) is 15.8. The molecule has 0 unspecified atom stereocenters. The predicted octanol–water partition coefficient (Wildman–Crippen LogP) is 5.71. The molecule has 2 aromatic carbocycles. The number of H-pyrrole nitrogens is 1. The lowest BCUT2D eigenvalue weighted by molar-refractivity contribution is -0.122. The zero-order valence-corrected chi connectivity index (χ0v) is 18.0. The molecular weight excluding hydrogens is 372 g/mol. The number of rotatable bonds is 7. The summed E-state index contributed by atoms with van der Waals surface area (Å²) in [6.07, 6.45) is 9.41. The molecule has 0 bridgehead atoms. The third-order valence-electron chi connectivity index (χ3n) is 6.45. The van der Waals surface area contributed by atoms with Crippen LogP contribution in [0.2, 0.25) is 0 Å². The number of benzene rings is 2. The Morgan fingerprint density at radius 1 is 1.17 bits per heavy atom. The van der Waals surface area contributed by atoms with Gasteiger partial charge in [0, 0.05) is 35.5 Å². The molecule has 4 nitrogen and oxygen atoms in total. The molecule has 4 heteroatoms. The zero-order chi connectivity index (χ0) is 20.9. The number of carbonyl (C=O) groups excluding carboxylic acids is 1. The summed E-state index contributed by atoms with van der Waals surface area (Å²) in [5.74, 6) is 0.930. The molecular formula is C26H32N2O2. The van der Waals surface area contributed by atoms with Crippen molar-refractivity contribution in [2.75, 3.05) is 7.11 Å². The molecule has 0 saturated heterocycles. The molecule has 1 heterocycles. The van der Waals surface area contributed by atoms with Gasteiger partial charge in [-0.3, -0.25) is 4.79 Å². The monoisotopic (exact) mass is 404 g/mol. The second-order valence-electron chi connectivity index (χ2n) is 8.37. The van der Waals surface area contributed by atoms with Gasteiger partial charge in [0.2, 0.25) is 5.91 Å². The van der Waals surface area contributed by atoms with Crippen LogP contribution < -0.4 is 10.1 Å². The maximum Gasteiger partial charge on any atom is 0.221 e. The molecule has 1 amide bonds. The van der Waals surface area contributed by atoms with Crippen molar-refractivity contribution in [3.05, 3.63) is 65.4 Å². The number of aryl methyl sites for hydroxylation is 1. The number of aromatic amines is 1. The molecule has 158 valence electrons. The highest BCUT2D eigenvalue weighted by molar-refractivity contribution is 5.88. The molecule has 1 fully saturated rings. The van der Waals surface area contributed by atoms with Gasteiger partial charge < -0.3 is 15.0 Å². The average molecular weight is 405 g/mol. The first-order valence-electron chi connectivity index (χ1n) is 11.2. The van der Waals surface area contributed by atoms with Gasteiger partial charge in [0.25, 0.3) is 0 Å². The standard InChI is InChI=1S/C26H32N2O2/c1-3-18-9-8-14-22-24(17-27-26(18)22)23(19-10-7-13-21(15-19)30-2)16-25(29)28-20-11-5-4-6-12-20/h7-10,13-15,17,20,23,27H,3-6,11-12,16H2,1-2H3,(H,28,29)/t23-/m1/s1. The molecule has 1 aromatic heterocycles. The smallest absolute Gasteiger partial charge is 0.221 e. The van der Waals surface area contributed by atoms with Gasteiger partial charge >= 0.3 is 0 Å². The van der Waals surface area contributed by atoms with E-state index < -0.39 is 0 Å². The molecule has 1 saturated carbocycles. The lowest BCUT2D eigenvalue weighted by Crippen LogP contribution is -2.36. The lowest BCUT2D eigenvalue weighted by Gasteiger charge is -2.24. The van der Waals surface area contributed by atoms with Gasteiger partial charge in [-0.25, -0.2) is 0 Å².